The second-order valence-corrected chi connectivity index (χ2v) is 8.39. The third-order valence-electron chi connectivity index (χ3n) is 4.15. The molecule has 0 saturated carbocycles. The summed E-state index contributed by atoms with van der Waals surface area (Å²) in [5.41, 5.74) is 0. The number of thiophene rings is 1. The summed E-state index contributed by atoms with van der Waals surface area (Å²) < 4.78 is 23.2. The first-order valence-corrected chi connectivity index (χ1v) is 9.74. The number of hydrogen-bond acceptors (Lipinski definition) is 5. The van der Waals surface area contributed by atoms with Crippen LogP contribution in [0.25, 0.3) is 0 Å². The highest BCUT2D eigenvalue weighted by Gasteiger charge is 2.37. The van der Waals surface area contributed by atoms with Gasteiger partial charge in [0.25, 0.3) is 5.91 Å². The van der Waals surface area contributed by atoms with Gasteiger partial charge in [0.1, 0.15) is 9.77 Å². The summed E-state index contributed by atoms with van der Waals surface area (Å²) in [6.45, 7) is 3.42. The lowest BCUT2D eigenvalue weighted by molar-refractivity contribution is 0.0782. The molecule has 0 radical (unpaired) electrons. The zero-order valence-electron chi connectivity index (χ0n) is 13.2. The second kappa shape index (κ2) is 6.66. The van der Waals surface area contributed by atoms with Crippen molar-refractivity contribution in [3.63, 3.8) is 0 Å². The van der Waals surface area contributed by atoms with Gasteiger partial charge in [-0.1, -0.05) is 13.3 Å². The van der Waals surface area contributed by atoms with Crippen molar-refractivity contribution in [1.82, 2.24) is 9.80 Å². The topological polar surface area (TPSA) is 83.7 Å². The number of likely N-dealkylation sites (tertiary alicyclic amines) is 1. The van der Waals surface area contributed by atoms with E-state index in [1.54, 1.807) is 10.3 Å². The number of rotatable bonds is 5. The van der Waals surface area contributed by atoms with Gasteiger partial charge in [-0.15, -0.1) is 11.3 Å². The molecule has 1 fully saturated rings. The van der Waals surface area contributed by atoms with Gasteiger partial charge in [-0.2, -0.15) is 0 Å². The van der Waals surface area contributed by atoms with E-state index in [9.17, 15) is 13.2 Å². The molecule has 1 aliphatic heterocycles. The highest BCUT2D eigenvalue weighted by atomic mass is 32.2. The highest BCUT2D eigenvalue weighted by Crippen LogP contribution is 2.29. The summed E-state index contributed by atoms with van der Waals surface area (Å²) in [4.78, 5) is 16.7. The average molecular weight is 345 g/mol. The monoisotopic (exact) mass is 345 g/mol. The lowest BCUT2D eigenvalue weighted by atomic mass is 9.98. The first kappa shape index (κ1) is 17.4. The van der Waals surface area contributed by atoms with E-state index in [1.165, 1.54) is 6.07 Å². The molecule has 124 valence electrons. The molecular weight excluding hydrogens is 322 g/mol. The van der Waals surface area contributed by atoms with E-state index in [0.29, 0.717) is 25.0 Å². The molecule has 2 N–H and O–H groups in total. The van der Waals surface area contributed by atoms with Crippen LogP contribution in [0, 0.1) is 5.92 Å². The van der Waals surface area contributed by atoms with Gasteiger partial charge < -0.3 is 9.80 Å². The zero-order valence-corrected chi connectivity index (χ0v) is 14.8. The van der Waals surface area contributed by atoms with Crippen molar-refractivity contribution in [2.45, 2.75) is 30.7 Å². The third-order valence-corrected chi connectivity index (χ3v) is 6.13. The van der Waals surface area contributed by atoms with Crippen molar-refractivity contribution < 1.29 is 13.2 Å². The molecule has 1 aromatic rings. The number of nitrogens with two attached hydrogens (primary N) is 1. The molecule has 2 rings (SSSR count). The average Bonchev–Trinajstić information content (AvgIpc) is 3.04. The molecule has 0 bridgehead atoms. The predicted molar refractivity (Wildman–Crippen MR) is 87.5 cm³/mol. The number of carbonyl (C=O) groups excluding carboxylic acids is 1. The van der Waals surface area contributed by atoms with Crippen molar-refractivity contribution >= 4 is 27.3 Å². The fourth-order valence-corrected chi connectivity index (χ4v) is 5.02. The first-order chi connectivity index (χ1) is 10.3. The Morgan fingerprint density at radius 2 is 2.14 bits per heavy atom. The molecular formula is C14H23N3O3S2. The zero-order chi connectivity index (χ0) is 16.5. The van der Waals surface area contributed by atoms with Crippen LogP contribution in [0.4, 0.5) is 0 Å². The van der Waals surface area contributed by atoms with E-state index < -0.39 is 10.0 Å². The summed E-state index contributed by atoms with van der Waals surface area (Å²) >= 11 is 1.13. The van der Waals surface area contributed by atoms with E-state index in [0.717, 1.165) is 24.2 Å². The van der Waals surface area contributed by atoms with Crippen molar-refractivity contribution in [1.29, 1.82) is 0 Å². The Bertz CT molecular complexity index is 640. The van der Waals surface area contributed by atoms with Crippen molar-refractivity contribution in [3.05, 3.63) is 16.3 Å². The van der Waals surface area contributed by atoms with E-state index in [4.69, 9.17) is 5.14 Å². The molecule has 8 heteroatoms. The Labute approximate surface area is 135 Å². The van der Waals surface area contributed by atoms with Gasteiger partial charge >= 0.3 is 0 Å². The molecule has 0 spiro atoms. The number of likely N-dealkylation sites (N-methyl/N-ethyl adjacent to an activating group) is 1. The summed E-state index contributed by atoms with van der Waals surface area (Å²) in [6.07, 6.45) is 2.12. The Kier molecular flexibility index (Phi) is 5.26. The van der Waals surface area contributed by atoms with Crippen LogP contribution >= 0.6 is 11.3 Å². The lowest BCUT2D eigenvalue weighted by Gasteiger charge is -2.24. The minimum absolute atomic E-state index is 0.0668. The lowest BCUT2D eigenvalue weighted by Crippen LogP contribution is -2.36. The smallest absolute Gasteiger partial charge is 0.265 e. The standard InChI is InChI=1S/C14H23N3O3S2/c1-4-5-10-8-17(9-11(10)16(2)3)14(18)13-12(6-7-21-13)22(15,19)20/h6-7,10-11H,4-5,8-9H2,1-3H3,(H2,15,19,20)/t10-,11-/m1/s1. The molecule has 1 saturated heterocycles. The van der Waals surface area contributed by atoms with Gasteiger partial charge in [0.15, 0.2) is 0 Å². The number of hydrogen-bond donors (Lipinski definition) is 1. The van der Waals surface area contributed by atoms with Crippen molar-refractivity contribution in [3.8, 4) is 0 Å². The van der Waals surface area contributed by atoms with Crippen LogP contribution in [0.1, 0.15) is 29.4 Å². The maximum atomic E-state index is 12.7. The Morgan fingerprint density at radius 1 is 1.45 bits per heavy atom. The van der Waals surface area contributed by atoms with Crippen molar-refractivity contribution in [2.75, 3.05) is 27.2 Å². The summed E-state index contributed by atoms with van der Waals surface area (Å²) in [6, 6.07) is 1.71. The second-order valence-electron chi connectivity index (χ2n) is 5.95. The van der Waals surface area contributed by atoms with Crippen LogP contribution in [0.2, 0.25) is 0 Å². The summed E-state index contributed by atoms with van der Waals surface area (Å²) in [7, 11) is 0.166. The fourth-order valence-electron chi connectivity index (χ4n) is 3.08. The van der Waals surface area contributed by atoms with Crippen LogP contribution in [0.5, 0.6) is 0 Å². The van der Waals surface area contributed by atoms with Crippen LogP contribution in [0.3, 0.4) is 0 Å². The van der Waals surface area contributed by atoms with Crippen LogP contribution < -0.4 is 5.14 Å². The van der Waals surface area contributed by atoms with Gasteiger partial charge in [0, 0.05) is 19.1 Å². The van der Waals surface area contributed by atoms with Crippen LogP contribution in [-0.4, -0.2) is 57.4 Å². The molecule has 1 amide bonds. The van der Waals surface area contributed by atoms with Gasteiger partial charge in [-0.05, 0) is 37.9 Å². The SMILES string of the molecule is CCC[C@@H]1CN(C(=O)c2sccc2S(N)(=O)=O)C[C@H]1N(C)C. The minimum atomic E-state index is -3.87. The Balaban J connectivity index is 2.23. The maximum absolute atomic E-state index is 12.7. The van der Waals surface area contributed by atoms with E-state index in [2.05, 4.69) is 11.8 Å². The number of amides is 1. The summed E-state index contributed by atoms with van der Waals surface area (Å²) in [5.74, 6) is 0.186. The largest absolute Gasteiger partial charge is 0.336 e. The number of nitrogens with zero attached hydrogens (tertiary/aromatic N) is 2. The normalized spacial score (nSPS) is 22.5. The van der Waals surface area contributed by atoms with Crippen molar-refractivity contribution in [2.24, 2.45) is 11.1 Å². The molecule has 1 aromatic heterocycles. The maximum Gasteiger partial charge on any atom is 0.265 e. The molecule has 0 aromatic carbocycles. The molecule has 0 aliphatic carbocycles. The first-order valence-electron chi connectivity index (χ1n) is 7.31. The summed E-state index contributed by atoms with van der Waals surface area (Å²) in [5, 5.41) is 6.78. The third kappa shape index (κ3) is 3.51. The Hall–Kier alpha value is -0.960. The predicted octanol–water partition coefficient (Wildman–Crippen LogP) is 1.20. The van der Waals surface area contributed by atoms with E-state index in [-0.39, 0.29) is 15.7 Å². The van der Waals surface area contributed by atoms with Gasteiger partial charge in [0.2, 0.25) is 10.0 Å². The fraction of sp³-hybridized carbons (Fsp3) is 0.643. The van der Waals surface area contributed by atoms with Gasteiger partial charge in [-0.3, -0.25) is 4.79 Å². The molecule has 2 atom stereocenters. The highest BCUT2D eigenvalue weighted by molar-refractivity contribution is 7.89. The quantitative estimate of drug-likeness (QED) is 0.869. The number of sulfonamides is 1. The van der Waals surface area contributed by atoms with E-state index >= 15 is 0 Å². The van der Waals surface area contributed by atoms with Crippen LogP contribution in [-0.2, 0) is 10.0 Å². The number of carbonyl (C=O) groups is 1. The van der Waals surface area contributed by atoms with Crippen LogP contribution in [0.15, 0.2) is 16.3 Å². The van der Waals surface area contributed by atoms with Gasteiger partial charge in [-0.25, -0.2) is 13.6 Å². The minimum Gasteiger partial charge on any atom is -0.336 e. The molecule has 22 heavy (non-hydrogen) atoms. The molecule has 2 heterocycles. The molecule has 6 nitrogen and oxygen atoms in total. The number of primary sulfonamides is 1. The van der Waals surface area contributed by atoms with E-state index in [1.807, 2.05) is 14.1 Å². The molecule has 0 unspecified atom stereocenters. The Morgan fingerprint density at radius 3 is 2.68 bits per heavy atom. The van der Waals surface area contributed by atoms with Gasteiger partial charge in [0.05, 0.1) is 0 Å². The molecule has 1 aliphatic rings.